The van der Waals surface area contributed by atoms with Crippen molar-refractivity contribution in [1.29, 1.82) is 0 Å². The van der Waals surface area contributed by atoms with E-state index in [0.717, 1.165) is 18.4 Å². The van der Waals surface area contributed by atoms with Crippen LogP contribution in [0.4, 0.5) is 0 Å². The van der Waals surface area contributed by atoms with Crippen LogP contribution in [0.5, 0.6) is 0 Å². The first-order valence-corrected chi connectivity index (χ1v) is 7.72. The Labute approximate surface area is 134 Å². The third kappa shape index (κ3) is 3.18. The van der Waals surface area contributed by atoms with E-state index in [0.29, 0.717) is 23.2 Å². The average Bonchev–Trinajstić information content (AvgIpc) is 3.25. The number of carbonyl (C=O) groups excluding carboxylic acids is 1. The summed E-state index contributed by atoms with van der Waals surface area (Å²) in [5.41, 5.74) is 0.754. The minimum atomic E-state index is -0.452. The van der Waals surface area contributed by atoms with Gasteiger partial charge in [-0.05, 0) is 43.0 Å². The van der Waals surface area contributed by atoms with Crippen molar-refractivity contribution in [2.45, 2.75) is 18.9 Å². The number of rotatable bonds is 5. The van der Waals surface area contributed by atoms with Crippen LogP contribution < -0.4 is 0 Å². The quantitative estimate of drug-likeness (QED) is 0.918. The Kier molecular flexibility index (Phi) is 4.23. The zero-order valence-electron chi connectivity index (χ0n) is 12.3. The molecule has 1 aliphatic rings. The Morgan fingerprint density at radius 2 is 2.09 bits per heavy atom. The molecular formula is C17H18ClNO3. The molecule has 1 fully saturated rings. The van der Waals surface area contributed by atoms with E-state index in [1.54, 1.807) is 25.2 Å². The Morgan fingerprint density at radius 3 is 2.77 bits per heavy atom. The van der Waals surface area contributed by atoms with Gasteiger partial charge in [0.05, 0.1) is 11.1 Å². The molecule has 4 nitrogen and oxygen atoms in total. The summed E-state index contributed by atoms with van der Waals surface area (Å²) in [5.74, 6) is 0.911. The van der Waals surface area contributed by atoms with E-state index in [1.807, 2.05) is 18.2 Å². The molecular weight excluding hydrogens is 302 g/mol. The van der Waals surface area contributed by atoms with E-state index < -0.39 is 6.10 Å². The van der Waals surface area contributed by atoms with E-state index in [1.165, 1.54) is 4.90 Å². The lowest BCUT2D eigenvalue weighted by atomic mass is 10.2. The third-order valence-electron chi connectivity index (χ3n) is 3.93. The van der Waals surface area contributed by atoms with Gasteiger partial charge in [0.15, 0.2) is 5.76 Å². The van der Waals surface area contributed by atoms with Crippen LogP contribution in [-0.2, 0) is 0 Å². The van der Waals surface area contributed by atoms with Gasteiger partial charge in [0, 0.05) is 19.2 Å². The van der Waals surface area contributed by atoms with Crippen LogP contribution in [0.2, 0.25) is 5.02 Å². The molecule has 1 aromatic heterocycles. The second kappa shape index (κ2) is 6.15. The van der Waals surface area contributed by atoms with Crippen molar-refractivity contribution in [2.75, 3.05) is 13.6 Å². The predicted molar refractivity (Wildman–Crippen MR) is 84.8 cm³/mol. The highest BCUT2D eigenvalue weighted by Crippen LogP contribution is 2.33. The highest BCUT2D eigenvalue weighted by Gasteiger charge is 2.31. The Bertz CT molecular complexity index is 678. The largest absolute Gasteiger partial charge is 0.451 e. The standard InChI is InChI=1S/C17H18ClNO3/c1-19(10-14(20)11-6-7-11)17(21)16-9-8-15(22-16)12-4-2-3-5-13(12)18/h2-5,8-9,11,14,20H,6-7,10H2,1H3. The van der Waals surface area contributed by atoms with Crippen LogP contribution in [0, 0.1) is 5.92 Å². The maximum absolute atomic E-state index is 12.3. The molecule has 116 valence electrons. The fourth-order valence-corrected chi connectivity index (χ4v) is 2.67. The van der Waals surface area contributed by atoms with Crippen molar-refractivity contribution < 1.29 is 14.3 Å². The molecule has 0 bridgehead atoms. The van der Waals surface area contributed by atoms with Gasteiger partial charge in [-0.2, -0.15) is 0 Å². The summed E-state index contributed by atoms with van der Waals surface area (Å²) in [6.45, 7) is 0.325. The van der Waals surface area contributed by atoms with Gasteiger partial charge in [-0.1, -0.05) is 23.7 Å². The Balaban J connectivity index is 1.72. The Morgan fingerprint density at radius 1 is 1.36 bits per heavy atom. The lowest BCUT2D eigenvalue weighted by Crippen LogP contribution is -2.35. The molecule has 0 saturated heterocycles. The minimum Gasteiger partial charge on any atom is -0.451 e. The van der Waals surface area contributed by atoms with E-state index in [-0.39, 0.29) is 11.7 Å². The van der Waals surface area contributed by atoms with E-state index in [9.17, 15) is 9.90 Å². The molecule has 1 amide bonds. The van der Waals surface area contributed by atoms with E-state index >= 15 is 0 Å². The molecule has 1 atom stereocenters. The van der Waals surface area contributed by atoms with E-state index in [2.05, 4.69) is 0 Å². The van der Waals surface area contributed by atoms with Gasteiger partial charge in [0.25, 0.3) is 5.91 Å². The number of halogens is 1. The van der Waals surface area contributed by atoms with Crippen LogP contribution in [-0.4, -0.2) is 35.6 Å². The second-order valence-electron chi connectivity index (χ2n) is 5.73. The summed E-state index contributed by atoms with van der Waals surface area (Å²) in [7, 11) is 1.67. The van der Waals surface area contributed by atoms with Gasteiger partial charge in [-0.15, -0.1) is 0 Å². The lowest BCUT2D eigenvalue weighted by Gasteiger charge is -2.19. The lowest BCUT2D eigenvalue weighted by molar-refractivity contribution is 0.0618. The molecule has 0 aliphatic heterocycles. The second-order valence-corrected chi connectivity index (χ2v) is 6.14. The molecule has 3 rings (SSSR count). The van der Waals surface area contributed by atoms with Crippen LogP contribution in [0.1, 0.15) is 23.4 Å². The molecule has 1 saturated carbocycles. The normalized spacial score (nSPS) is 15.6. The van der Waals surface area contributed by atoms with E-state index in [4.69, 9.17) is 16.0 Å². The summed E-state index contributed by atoms with van der Waals surface area (Å²) < 4.78 is 5.63. The smallest absolute Gasteiger partial charge is 0.289 e. The first-order chi connectivity index (χ1) is 10.6. The fourth-order valence-electron chi connectivity index (χ4n) is 2.44. The summed E-state index contributed by atoms with van der Waals surface area (Å²) in [6.07, 6.45) is 1.63. The van der Waals surface area contributed by atoms with Gasteiger partial charge in [-0.25, -0.2) is 0 Å². The summed E-state index contributed by atoms with van der Waals surface area (Å²) >= 11 is 6.13. The number of benzene rings is 1. The monoisotopic (exact) mass is 319 g/mol. The summed E-state index contributed by atoms with van der Waals surface area (Å²) in [4.78, 5) is 13.8. The number of furan rings is 1. The van der Waals surface area contributed by atoms with Gasteiger partial charge in [-0.3, -0.25) is 4.79 Å². The van der Waals surface area contributed by atoms with Crippen LogP contribution in [0.25, 0.3) is 11.3 Å². The molecule has 1 aromatic carbocycles. The van der Waals surface area contributed by atoms with Crippen LogP contribution >= 0.6 is 11.6 Å². The van der Waals surface area contributed by atoms with Crippen LogP contribution in [0.3, 0.4) is 0 Å². The van der Waals surface area contributed by atoms with Gasteiger partial charge >= 0.3 is 0 Å². The molecule has 1 unspecified atom stereocenters. The number of carbonyl (C=O) groups is 1. The third-order valence-corrected chi connectivity index (χ3v) is 4.26. The molecule has 5 heteroatoms. The van der Waals surface area contributed by atoms with Crippen molar-refractivity contribution in [3.63, 3.8) is 0 Å². The number of aliphatic hydroxyl groups excluding tert-OH is 1. The minimum absolute atomic E-state index is 0.238. The van der Waals surface area contributed by atoms with Gasteiger partial charge in [0.2, 0.25) is 0 Å². The van der Waals surface area contributed by atoms with Crippen molar-refractivity contribution in [2.24, 2.45) is 5.92 Å². The average molecular weight is 320 g/mol. The Hall–Kier alpha value is -1.78. The zero-order chi connectivity index (χ0) is 15.7. The highest BCUT2D eigenvalue weighted by atomic mass is 35.5. The SMILES string of the molecule is CN(CC(O)C1CC1)C(=O)c1ccc(-c2ccccc2Cl)o1. The predicted octanol–water partition coefficient (Wildman–Crippen LogP) is 3.44. The van der Waals surface area contributed by atoms with Crippen molar-refractivity contribution >= 4 is 17.5 Å². The van der Waals surface area contributed by atoms with Crippen LogP contribution in [0.15, 0.2) is 40.8 Å². The number of likely N-dealkylation sites (N-methyl/N-ethyl adjacent to an activating group) is 1. The fraction of sp³-hybridized carbons (Fsp3) is 0.353. The molecule has 1 N–H and O–H groups in total. The maximum atomic E-state index is 12.3. The molecule has 0 spiro atoms. The van der Waals surface area contributed by atoms with Gasteiger partial charge in [0.1, 0.15) is 5.76 Å². The molecule has 22 heavy (non-hydrogen) atoms. The number of amides is 1. The first kappa shape index (κ1) is 15.1. The molecule has 2 aromatic rings. The number of hydrogen-bond donors (Lipinski definition) is 1. The first-order valence-electron chi connectivity index (χ1n) is 7.34. The number of aliphatic hydroxyl groups is 1. The number of hydrogen-bond acceptors (Lipinski definition) is 3. The number of nitrogens with zero attached hydrogens (tertiary/aromatic N) is 1. The van der Waals surface area contributed by atoms with Crippen molar-refractivity contribution in [3.8, 4) is 11.3 Å². The molecule has 0 radical (unpaired) electrons. The topological polar surface area (TPSA) is 53.7 Å². The molecule has 1 aliphatic carbocycles. The van der Waals surface area contributed by atoms with Crippen molar-refractivity contribution in [1.82, 2.24) is 4.90 Å². The van der Waals surface area contributed by atoms with Gasteiger partial charge < -0.3 is 14.4 Å². The summed E-state index contributed by atoms with van der Waals surface area (Å²) in [6, 6.07) is 10.7. The van der Waals surface area contributed by atoms with Crippen molar-refractivity contribution in [3.05, 3.63) is 47.2 Å². The summed E-state index contributed by atoms with van der Waals surface area (Å²) in [5, 5.41) is 10.5. The molecule has 1 heterocycles. The zero-order valence-corrected chi connectivity index (χ0v) is 13.1. The highest BCUT2D eigenvalue weighted by molar-refractivity contribution is 6.33. The maximum Gasteiger partial charge on any atom is 0.289 e.